The summed E-state index contributed by atoms with van der Waals surface area (Å²) < 4.78 is 56.0. The van der Waals surface area contributed by atoms with E-state index in [0.29, 0.717) is 34.4 Å². The van der Waals surface area contributed by atoms with Crippen molar-refractivity contribution >= 4 is 34.0 Å². The maximum absolute atomic E-state index is 15.3. The molecule has 1 amide bonds. The van der Waals surface area contributed by atoms with Gasteiger partial charge in [-0.2, -0.15) is 13.2 Å². The maximum Gasteiger partial charge on any atom is 0.417 e. The second-order valence-corrected chi connectivity index (χ2v) is 8.38. The van der Waals surface area contributed by atoms with Gasteiger partial charge in [0.2, 0.25) is 0 Å². The Kier molecular flexibility index (Phi) is 5.73. The quantitative estimate of drug-likeness (QED) is 0.347. The van der Waals surface area contributed by atoms with Gasteiger partial charge in [-0.15, -0.1) is 0 Å². The van der Waals surface area contributed by atoms with Crippen LogP contribution < -0.4 is 10.6 Å². The summed E-state index contributed by atoms with van der Waals surface area (Å²) in [6.07, 6.45) is -0.796. The van der Waals surface area contributed by atoms with E-state index in [0.717, 1.165) is 12.1 Å². The van der Waals surface area contributed by atoms with Crippen LogP contribution >= 0.6 is 0 Å². The summed E-state index contributed by atoms with van der Waals surface area (Å²) in [7, 11) is 0. The van der Waals surface area contributed by atoms with Crippen LogP contribution in [0.15, 0.2) is 55.0 Å². The Labute approximate surface area is 207 Å². The van der Waals surface area contributed by atoms with E-state index in [1.807, 2.05) is 0 Å². The van der Waals surface area contributed by atoms with Crippen LogP contribution in [0.2, 0.25) is 0 Å². The van der Waals surface area contributed by atoms with E-state index in [4.69, 9.17) is 5.73 Å². The molecule has 0 atom stereocenters. The summed E-state index contributed by atoms with van der Waals surface area (Å²) in [5.74, 6) is -0.853. The van der Waals surface area contributed by atoms with Gasteiger partial charge in [-0.1, -0.05) is 0 Å². The van der Waals surface area contributed by atoms with Gasteiger partial charge in [0.1, 0.15) is 23.0 Å². The van der Waals surface area contributed by atoms with Crippen LogP contribution in [0.1, 0.15) is 33.1 Å². The number of nitrogens with zero attached hydrogens (tertiary/aromatic N) is 6. The molecule has 0 saturated heterocycles. The van der Waals surface area contributed by atoms with Crippen LogP contribution in [0.25, 0.3) is 16.6 Å². The van der Waals surface area contributed by atoms with Crippen molar-refractivity contribution in [3.8, 4) is 0 Å². The number of amides is 1. The standard InChI is InChI=1S/C25H19F4N7O/c1-13-20(4-3-7-31-13)35(12-16-6-5-15(10-33-16)25(27,28)29)24(37)17-8-21-19(9-18(17)26)34-23(30)22-11-32-14(2)36(21)22/h3-11H,12H2,1-2H3,(H2,30,34). The van der Waals surface area contributed by atoms with Gasteiger partial charge < -0.3 is 10.6 Å². The number of hydrogen-bond donors (Lipinski definition) is 1. The topological polar surface area (TPSA) is 102 Å². The van der Waals surface area contributed by atoms with Crippen LogP contribution in [0, 0.1) is 19.7 Å². The Morgan fingerprint density at radius 1 is 1.05 bits per heavy atom. The van der Waals surface area contributed by atoms with Crippen molar-refractivity contribution in [2.45, 2.75) is 26.6 Å². The number of fused-ring (bicyclic) bond motifs is 3. The number of imidazole rings is 1. The summed E-state index contributed by atoms with van der Waals surface area (Å²) in [6.45, 7) is 3.18. The highest BCUT2D eigenvalue weighted by molar-refractivity contribution is 6.08. The monoisotopic (exact) mass is 509 g/mol. The van der Waals surface area contributed by atoms with Crippen LogP contribution in [0.3, 0.4) is 0 Å². The molecule has 0 radical (unpaired) electrons. The lowest BCUT2D eigenvalue weighted by Gasteiger charge is -2.24. The minimum absolute atomic E-state index is 0.160. The number of benzene rings is 1. The number of aryl methyl sites for hydroxylation is 2. The highest BCUT2D eigenvalue weighted by Gasteiger charge is 2.31. The minimum Gasteiger partial charge on any atom is -0.382 e. The zero-order chi connectivity index (χ0) is 26.5. The number of nitrogens with two attached hydrogens (primary N) is 1. The van der Waals surface area contributed by atoms with Gasteiger partial charge in [0.25, 0.3) is 5.91 Å². The van der Waals surface area contributed by atoms with Gasteiger partial charge in [-0.05, 0) is 44.2 Å². The molecule has 1 aromatic carbocycles. The summed E-state index contributed by atoms with van der Waals surface area (Å²) >= 11 is 0. The molecule has 4 heterocycles. The Morgan fingerprint density at radius 2 is 1.84 bits per heavy atom. The molecule has 0 aliphatic heterocycles. The van der Waals surface area contributed by atoms with E-state index in [1.54, 1.807) is 30.4 Å². The molecule has 0 aliphatic carbocycles. The van der Waals surface area contributed by atoms with Crippen LogP contribution in [-0.4, -0.2) is 30.2 Å². The smallest absolute Gasteiger partial charge is 0.382 e. The molecule has 37 heavy (non-hydrogen) atoms. The van der Waals surface area contributed by atoms with Gasteiger partial charge in [0.05, 0.1) is 52.0 Å². The number of alkyl halides is 3. The zero-order valence-corrected chi connectivity index (χ0v) is 19.6. The van der Waals surface area contributed by atoms with Crippen LogP contribution in [0.4, 0.5) is 29.1 Å². The Balaban J connectivity index is 1.63. The molecule has 12 heteroatoms. The first-order valence-corrected chi connectivity index (χ1v) is 11.0. The van der Waals surface area contributed by atoms with E-state index in [2.05, 4.69) is 19.9 Å². The van der Waals surface area contributed by atoms with E-state index in [-0.39, 0.29) is 29.1 Å². The van der Waals surface area contributed by atoms with Crippen LogP contribution in [0.5, 0.6) is 0 Å². The number of pyridine rings is 2. The van der Waals surface area contributed by atoms with Crippen molar-refractivity contribution in [3.05, 3.63) is 89.1 Å². The molecule has 0 bridgehead atoms. The highest BCUT2D eigenvalue weighted by Crippen LogP contribution is 2.30. The van der Waals surface area contributed by atoms with Crippen molar-refractivity contribution in [2.75, 3.05) is 10.6 Å². The number of rotatable bonds is 4. The fourth-order valence-corrected chi connectivity index (χ4v) is 4.12. The summed E-state index contributed by atoms with van der Waals surface area (Å²) in [4.78, 5) is 31.6. The third kappa shape index (κ3) is 4.30. The molecule has 0 fully saturated rings. The second kappa shape index (κ2) is 8.80. The average molecular weight is 509 g/mol. The SMILES string of the molecule is Cc1ncccc1N(Cc1ccc(C(F)(F)F)cn1)C(=O)c1cc2c(cc1F)nc(N)c1cnc(C)n12. The molecule has 0 unspecified atom stereocenters. The summed E-state index contributed by atoms with van der Waals surface area (Å²) in [5.41, 5.74) is 6.94. The maximum atomic E-state index is 15.3. The van der Waals surface area contributed by atoms with E-state index in [9.17, 15) is 18.0 Å². The molecular formula is C25H19F4N7O. The highest BCUT2D eigenvalue weighted by atomic mass is 19.4. The molecule has 2 N–H and O–H groups in total. The number of nitrogen functional groups attached to an aromatic ring is 1. The summed E-state index contributed by atoms with van der Waals surface area (Å²) in [6, 6.07) is 7.75. The normalized spacial score (nSPS) is 11.8. The first kappa shape index (κ1) is 24.1. The molecule has 188 valence electrons. The molecule has 8 nitrogen and oxygen atoms in total. The number of aromatic nitrogens is 5. The number of carbonyl (C=O) groups is 1. The first-order valence-electron chi connectivity index (χ1n) is 11.0. The molecule has 0 saturated carbocycles. The first-order chi connectivity index (χ1) is 17.5. The number of halogens is 4. The lowest BCUT2D eigenvalue weighted by Crippen LogP contribution is -2.32. The third-order valence-electron chi connectivity index (χ3n) is 5.96. The molecule has 5 rings (SSSR count). The second-order valence-electron chi connectivity index (χ2n) is 8.38. The van der Waals surface area contributed by atoms with Crippen LogP contribution in [-0.2, 0) is 12.7 Å². The van der Waals surface area contributed by atoms with Gasteiger partial charge >= 0.3 is 6.18 Å². The average Bonchev–Trinajstić information content (AvgIpc) is 3.24. The Hall–Kier alpha value is -4.61. The number of anilines is 2. The Morgan fingerprint density at radius 3 is 2.51 bits per heavy atom. The molecule has 0 spiro atoms. The predicted octanol–water partition coefficient (Wildman–Crippen LogP) is 4.88. The van der Waals surface area contributed by atoms with Gasteiger partial charge in [-0.25, -0.2) is 14.4 Å². The Bertz CT molecular complexity index is 1660. The van der Waals surface area contributed by atoms with E-state index in [1.165, 1.54) is 29.4 Å². The van der Waals surface area contributed by atoms with Crippen molar-refractivity contribution < 1.29 is 22.4 Å². The largest absolute Gasteiger partial charge is 0.417 e. The van der Waals surface area contributed by atoms with Crippen molar-refractivity contribution in [1.29, 1.82) is 0 Å². The molecule has 0 aliphatic rings. The predicted molar refractivity (Wildman–Crippen MR) is 128 cm³/mol. The van der Waals surface area contributed by atoms with Crippen molar-refractivity contribution in [3.63, 3.8) is 0 Å². The van der Waals surface area contributed by atoms with Crippen molar-refractivity contribution in [1.82, 2.24) is 24.3 Å². The fraction of sp³-hybridized carbons (Fsp3) is 0.160. The van der Waals surface area contributed by atoms with Gasteiger partial charge in [-0.3, -0.25) is 19.2 Å². The fourth-order valence-electron chi connectivity index (χ4n) is 4.12. The summed E-state index contributed by atoms with van der Waals surface area (Å²) in [5, 5.41) is 0. The van der Waals surface area contributed by atoms with Crippen molar-refractivity contribution in [2.24, 2.45) is 0 Å². The number of carbonyl (C=O) groups excluding carboxylic acids is 1. The lowest BCUT2D eigenvalue weighted by atomic mass is 10.1. The molecule has 4 aromatic heterocycles. The zero-order valence-electron chi connectivity index (χ0n) is 19.6. The minimum atomic E-state index is -4.55. The lowest BCUT2D eigenvalue weighted by molar-refractivity contribution is -0.137. The van der Waals surface area contributed by atoms with E-state index >= 15 is 4.39 Å². The van der Waals surface area contributed by atoms with Gasteiger partial charge in [0, 0.05) is 18.5 Å². The number of hydrogen-bond acceptors (Lipinski definition) is 6. The van der Waals surface area contributed by atoms with Gasteiger partial charge in [0.15, 0.2) is 0 Å². The molecule has 5 aromatic rings. The third-order valence-corrected chi connectivity index (χ3v) is 5.96. The van der Waals surface area contributed by atoms with E-state index < -0.39 is 23.5 Å². The molecular weight excluding hydrogens is 490 g/mol.